The lowest BCUT2D eigenvalue weighted by Gasteiger charge is -2.35. The number of amides is 1. The summed E-state index contributed by atoms with van der Waals surface area (Å²) in [6.07, 6.45) is 4.81. The zero-order chi connectivity index (χ0) is 14.6. The molecule has 0 radical (unpaired) electrons. The Labute approximate surface area is 120 Å². The molecule has 1 amide bonds. The maximum Gasteiger partial charge on any atom is 0.269 e. The van der Waals surface area contributed by atoms with Gasteiger partial charge in [0.2, 0.25) is 0 Å². The topological polar surface area (TPSA) is 62.2 Å². The van der Waals surface area contributed by atoms with Crippen molar-refractivity contribution < 1.29 is 9.90 Å². The average molecular weight is 276 g/mol. The second kappa shape index (κ2) is 6.35. The van der Waals surface area contributed by atoms with E-state index in [4.69, 9.17) is 0 Å². The van der Waals surface area contributed by atoms with Gasteiger partial charge in [0.25, 0.3) is 5.91 Å². The number of nitrogens with one attached hydrogen (secondary N) is 1. The molecule has 1 aromatic rings. The highest BCUT2D eigenvalue weighted by molar-refractivity contribution is 5.92. The van der Waals surface area contributed by atoms with Gasteiger partial charge in [0.15, 0.2) is 0 Å². The van der Waals surface area contributed by atoms with E-state index in [1.165, 1.54) is 6.42 Å². The Morgan fingerprint density at radius 1 is 1.45 bits per heavy atom. The molecule has 1 heterocycles. The number of rotatable bonds is 4. The molecule has 0 spiro atoms. The van der Waals surface area contributed by atoms with Crippen LogP contribution >= 0.6 is 0 Å². The van der Waals surface area contributed by atoms with E-state index in [-0.39, 0.29) is 5.91 Å². The van der Waals surface area contributed by atoms with Crippen LogP contribution in [0.5, 0.6) is 0 Å². The molecule has 1 aromatic heterocycles. The van der Waals surface area contributed by atoms with E-state index in [1.807, 2.05) is 19.1 Å². The van der Waals surface area contributed by atoms with Crippen LogP contribution in [0.4, 0.5) is 0 Å². The first-order valence-electron chi connectivity index (χ1n) is 7.47. The van der Waals surface area contributed by atoms with Gasteiger partial charge in [0, 0.05) is 12.2 Å². The predicted octanol–water partition coefficient (Wildman–Crippen LogP) is 2.45. The lowest BCUT2D eigenvalue weighted by Crippen LogP contribution is -2.45. The van der Waals surface area contributed by atoms with E-state index < -0.39 is 5.60 Å². The van der Waals surface area contributed by atoms with Crippen LogP contribution in [0.1, 0.15) is 55.2 Å². The van der Waals surface area contributed by atoms with Gasteiger partial charge in [-0.1, -0.05) is 19.4 Å². The summed E-state index contributed by atoms with van der Waals surface area (Å²) < 4.78 is 0. The number of carbonyl (C=O) groups excluding carboxylic acids is 1. The third-order valence-electron chi connectivity index (χ3n) is 4.31. The molecular formula is C16H24N2O2. The van der Waals surface area contributed by atoms with Gasteiger partial charge in [0.1, 0.15) is 5.69 Å². The van der Waals surface area contributed by atoms with Gasteiger partial charge in [0.05, 0.1) is 5.60 Å². The second-order valence-electron chi connectivity index (χ2n) is 5.92. The first-order valence-corrected chi connectivity index (χ1v) is 7.47. The number of aryl methyl sites for hydroxylation is 1. The number of aromatic nitrogens is 1. The fourth-order valence-electron chi connectivity index (χ4n) is 2.80. The zero-order valence-corrected chi connectivity index (χ0v) is 12.4. The molecule has 0 aromatic carbocycles. The molecule has 0 bridgehead atoms. The maximum absolute atomic E-state index is 12.0. The normalized spacial score (nSPS) is 26.2. The van der Waals surface area contributed by atoms with Gasteiger partial charge in [-0.3, -0.25) is 4.79 Å². The van der Waals surface area contributed by atoms with E-state index in [1.54, 1.807) is 6.07 Å². The van der Waals surface area contributed by atoms with E-state index in [2.05, 4.69) is 17.2 Å². The monoisotopic (exact) mass is 276 g/mol. The summed E-state index contributed by atoms with van der Waals surface area (Å²) in [7, 11) is 0. The molecule has 1 aliphatic rings. The number of aliphatic hydroxyl groups is 1. The van der Waals surface area contributed by atoms with Crippen molar-refractivity contribution in [3.63, 3.8) is 0 Å². The maximum atomic E-state index is 12.0. The fraction of sp³-hybridized carbons (Fsp3) is 0.625. The molecule has 2 rings (SSSR count). The van der Waals surface area contributed by atoms with Crippen molar-refractivity contribution in [1.82, 2.24) is 10.3 Å². The molecule has 110 valence electrons. The molecule has 20 heavy (non-hydrogen) atoms. The molecular weight excluding hydrogens is 252 g/mol. The van der Waals surface area contributed by atoms with Crippen LogP contribution in [0.2, 0.25) is 0 Å². The highest BCUT2D eigenvalue weighted by atomic mass is 16.3. The zero-order valence-electron chi connectivity index (χ0n) is 12.4. The highest BCUT2D eigenvalue weighted by Crippen LogP contribution is 2.33. The van der Waals surface area contributed by atoms with Gasteiger partial charge in [-0.2, -0.15) is 0 Å². The highest BCUT2D eigenvalue weighted by Gasteiger charge is 2.32. The van der Waals surface area contributed by atoms with Crippen LogP contribution in [-0.4, -0.2) is 28.1 Å². The minimum atomic E-state index is -0.745. The van der Waals surface area contributed by atoms with E-state index in [0.29, 0.717) is 12.2 Å². The van der Waals surface area contributed by atoms with Crippen molar-refractivity contribution in [1.29, 1.82) is 0 Å². The van der Waals surface area contributed by atoms with E-state index in [0.717, 1.165) is 37.3 Å². The summed E-state index contributed by atoms with van der Waals surface area (Å²) in [5.41, 5.74) is 0.487. The molecule has 1 saturated carbocycles. The number of nitrogens with zero attached hydrogens (tertiary/aromatic N) is 1. The lowest BCUT2D eigenvalue weighted by molar-refractivity contribution is -0.00790. The smallest absolute Gasteiger partial charge is 0.269 e. The Hall–Kier alpha value is -1.42. The Morgan fingerprint density at radius 2 is 2.15 bits per heavy atom. The van der Waals surface area contributed by atoms with Crippen molar-refractivity contribution >= 4 is 5.91 Å². The summed E-state index contributed by atoms with van der Waals surface area (Å²) in [5.74, 6) is 0.518. The van der Waals surface area contributed by atoms with Crippen LogP contribution in [0, 0.1) is 12.8 Å². The molecule has 0 saturated heterocycles. The molecule has 4 nitrogen and oxygen atoms in total. The molecule has 0 aliphatic heterocycles. The predicted molar refractivity (Wildman–Crippen MR) is 78.5 cm³/mol. The lowest BCUT2D eigenvalue weighted by atomic mass is 9.78. The molecule has 0 atom stereocenters. The fourth-order valence-corrected chi connectivity index (χ4v) is 2.80. The van der Waals surface area contributed by atoms with Crippen LogP contribution in [-0.2, 0) is 0 Å². The van der Waals surface area contributed by atoms with Gasteiger partial charge < -0.3 is 10.4 Å². The largest absolute Gasteiger partial charge is 0.388 e. The van der Waals surface area contributed by atoms with Crippen LogP contribution in [0.3, 0.4) is 0 Å². The number of carbonyl (C=O) groups is 1. The van der Waals surface area contributed by atoms with E-state index >= 15 is 0 Å². The summed E-state index contributed by atoms with van der Waals surface area (Å²) in [4.78, 5) is 16.2. The van der Waals surface area contributed by atoms with Crippen molar-refractivity contribution in [3.05, 3.63) is 29.6 Å². The van der Waals surface area contributed by atoms with Crippen LogP contribution < -0.4 is 5.32 Å². The SMILES string of the molecule is CCC1CCC(O)(CNC(=O)c2cccc(C)n2)CC1. The Bertz CT molecular complexity index is 465. The number of pyridine rings is 1. The Morgan fingerprint density at radius 3 is 2.75 bits per heavy atom. The molecule has 2 N–H and O–H groups in total. The first-order chi connectivity index (χ1) is 9.52. The Balaban J connectivity index is 1.87. The average Bonchev–Trinajstić information content (AvgIpc) is 2.46. The van der Waals surface area contributed by atoms with Gasteiger partial charge in [-0.15, -0.1) is 0 Å². The van der Waals surface area contributed by atoms with Gasteiger partial charge >= 0.3 is 0 Å². The van der Waals surface area contributed by atoms with Gasteiger partial charge in [-0.25, -0.2) is 4.98 Å². The van der Waals surface area contributed by atoms with Gasteiger partial charge in [-0.05, 0) is 50.7 Å². The summed E-state index contributed by atoms with van der Waals surface area (Å²) >= 11 is 0. The van der Waals surface area contributed by atoms with E-state index in [9.17, 15) is 9.90 Å². The summed E-state index contributed by atoms with van der Waals surface area (Å²) in [6, 6.07) is 5.37. The van der Waals surface area contributed by atoms with Crippen molar-refractivity contribution in [3.8, 4) is 0 Å². The third-order valence-corrected chi connectivity index (χ3v) is 4.31. The molecule has 1 fully saturated rings. The van der Waals surface area contributed by atoms with Crippen molar-refractivity contribution in [2.45, 2.75) is 51.6 Å². The summed E-state index contributed by atoms with van der Waals surface area (Å²) in [6.45, 7) is 4.37. The third kappa shape index (κ3) is 3.79. The first kappa shape index (κ1) is 15.0. The molecule has 4 heteroatoms. The van der Waals surface area contributed by atoms with Crippen LogP contribution in [0.15, 0.2) is 18.2 Å². The van der Waals surface area contributed by atoms with Crippen molar-refractivity contribution in [2.75, 3.05) is 6.54 Å². The quantitative estimate of drug-likeness (QED) is 0.888. The summed E-state index contributed by atoms with van der Waals surface area (Å²) in [5, 5.41) is 13.3. The minimum absolute atomic E-state index is 0.209. The number of hydrogen-bond acceptors (Lipinski definition) is 3. The molecule has 0 unspecified atom stereocenters. The van der Waals surface area contributed by atoms with Crippen LogP contribution in [0.25, 0.3) is 0 Å². The Kier molecular flexibility index (Phi) is 4.76. The number of hydrogen-bond donors (Lipinski definition) is 2. The minimum Gasteiger partial charge on any atom is -0.388 e. The molecule has 1 aliphatic carbocycles. The van der Waals surface area contributed by atoms with Crippen molar-refractivity contribution in [2.24, 2.45) is 5.92 Å². The standard InChI is InChI=1S/C16H24N2O2/c1-3-13-7-9-16(20,10-8-13)11-17-15(19)14-6-4-5-12(2)18-14/h4-6,13,20H,3,7-11H2,1-2H3,(H,17,19). The second-order valence-corrected chi connectivity index (χ2v) is 5.92.